The number of halogens is 1. The van der Waals surface area contributed by atoms with Gasteiger partial charge in [-0.15, -0.1) is 9.60 Å². The Balaban J connectivity index is 1.98. The molecule has 2 aromatic rings. The van der Waals surface area contributed by atoms with Crippen molar-refractivity contribution in [2.45, 2.75) is 53.6 Å². The Morgan fingerprint density at radius 1 is 0.980 bits per heavy atom. The molecule has 2 aliphatic heterocycles. The van der Waals surface area contributed by atoms with Crippen molar-refractivity contribution >= 4 is 46.9 Å². The van der Waals surface area contributed by atoms with Crippen LogP contribution in [0.4, 0.5) is 5.69 Å². The summed E-state index contributed by atoms with van der Waals surface area (Å²) in [5.41, 5.74) is 0.519. The molecule has 2 aromatic carbocycles. The summed E-state index contributed by atoms with van der Waals surface area (Å²) in [6.07, 6.45) is -0.396. The van der Waals surface area contributed by atoms with Gasteiger partial charge >= 0.3 is 23.8 Å². The standard InChI is InChI=1S/C37H48ClN2O11/c1-8-48-34(45)16-26-14-15-39(18-30(26)23(2)41)40(20-37(5,21-50-24(3)42)22-51-25(4)43)31-13-12-27(38)17-29(31)35(49-19-33(40)44)28-10-9-11-32(46-6)36(28)47-7/h9-13,17,26,30,35H,8,14-16,18-22H2,1-7H3/q+1/t26?,30-,35-,40?/m1/s1. The van der Waals surface area contributed by atoms with Crippen LogP contribution in [-0.4, -0.2) is 94.9 Å². The van der Waals surface area contributed by atoms with E-state index >= 15 is 4.79 Å². The van der Waals surface area contributed by atoms with Gasteiger partial charge in [-0.25, -0.2) is 4.79 Å². The third-order valence-electron chi connectivity index (χ3n) is 9.50. The third kappa shape index (κ3) is 8.89. The van der Waals surface area contributed by atoms with Gasteiger partial charge in [-0.05, 0) is 51.3 Å². The summed E-state index contributed by atoms with van der Waals surface area (Å²) in [6.45, 7) is 7.34. The molecule has 14 heteroatoms. The second kappa shape index (κ2) is 17.0. The van der Waals surface area contributed by atoms with Gasteiger partial charge in [0, 0.05) is 49.4 Å². The van der Waals surface area contributed by atoms with Gasteiger partial charge in [0.1, 0.15) is 31.6 Å². The average Bonchev–Trinajstić information content (AvgIpc) is 3.20. The Morgan fingerprint density at radius 3 is 2.25 bits per heavy atom. The normalized spacial score (nSPS) is 22.3. The number of hydrogen-bond donors (Lipinski definition) is 0. The molecule has 13 nitrogen and oxygen atoms in total. The Labute approximate surface area is 303 Å². The lowest BCUT2D eigenvalue weighted by Crippen LogP contribution is -2.72. The maximum Gasteiger partial charge on any atom is 0.363 e. The topological polar surface area (TPSA) is 144 Å². The quantitative estimate of drug-likeness (QED) is 0.149. The predicted molar refractivity (Wildman–Crippen MR) is 187 cm³/mol. The lowest BCUT2D eigenvalue weighted by atomic mass is 9.81. The van der Waals surface area contributed by atoms with Crippen LogP contribution in [0.5, 0.6) is 11.5 Å². The number of carbonyl (C=O) groups excluding carboxylic acids is 5. The minimum Gasteiger partial charge on any atom is -0.493 e. The summed E-state index contributed by atoms with van der Waals surface area (Å²) in [5, 5.41) is 2.30. The van der Waals surface area contributed by atoms with E-state index in [2.05, 4.69) is 0 Å². The molecule has 1 fully saturated rings. The number of nitrogens with zero attached hydrogens (tertiary/aromatic N) is 2. The molecule has 0 radical (unpaired) electrons. The monoisotopic (exact) mass is 731 g/mol. The zero-order valence-electron chi connectivity index (χ0n) is 30.3. The highest BCUT2D eigenvalue weighted by Gasteiger charge is 2.56. The number of para-hydroxylation sites is 1. The van der Waals surface area contributed by atoms with E-state index in [4.69, 9.17) is 40.0 Å². The van der Waals surface area contributed by atoms with Crippen LogP contribution in [-0.2, 0) is 42.9 Å². The summed E-state index contributed by atoms with van der Waals surface area (Å²) in [6, 6.07) is 10.5. The predicted octanol–water partition coefficient (Wildman–Crippen LogP) is 4.84. The highest BCUT2D eigenvalue weighted by atomic mass is 35.5. The summed E-state index contributed by atoms with van der Waals surface area (Å²) in [7, 11) is 3.04. The second-order valence-electron chi connectivity index (χ2n) is 13.4. The number of piperidine rings is 1. The summed E-state index contributed by atoms with van der Waals surface area (Å²) in [4.78, 5) is 65.2. The first-order chi connectivity index (χ1) is 24.2. The number of hydrogen-bond acceptors (Lipinski definition) is 12. The van der Waals surface area contributed by atoms with Crippen LogP contribution in [0.1, 0.15) is 64.7 Å². The van der Waals surface area contributed by atoms with Crippen LogP contribution in [0.25, 0.3) is 0 Å². The summed E-state index contributed by atoms with van der Waals surface area (Å²) < 4.78 is 33.6. The van der Waals surface area contributed by atoms with E-state index in [9.17, 15) is 19.2 Å². The maximum absolute atomic E-state index is 15.1. The maximum atomic E-state index is 15.1. The Bertz CT molecular complexity index is 1610. The van der Waals surface area contributed by atoms with Crippen molar-refractivity contribution in [3.63, 3.8) is 0 Å². The Morgan fingerprint density at radius 2 is 1.67 bits per heavy atom. The van der Waals surface area contributed by atoms with E-state index in [0.29, 0.717) is 46.3 Å². The molecule has 4 rings (SSSR count). The number of amides is 1. The minimum absolute atomic E-state index is 0.0560. The zero-order valence-corrected chi connectivity index (χ0v) is 31.1. The first kappa shape index (κ1) is 39.7. The van der Waals surface area contributed by atoms with Crippen molar-refractivity contribution in [1.29, 1.82) is 0 Å². The number of ketones is 1. The SMILES string of the molecule is CCOC(=O)CC1CCN([N+]2(CC(C)(COC(C)=O)COC(C)=O)C(=O)CO[C@H](c3cccc(OC)c3OC)c3cc(Cl)ccc32)C[C@@H]1C(C)=O. The number of carbonyl (C=O) groups is 5. The van der Waals surface area contributed by atoms with Gasteiger partial charge in [0.05, 0.1) is 38.3 Å². The van der Waals surface area contributed by atoms with Gasteiger partial charge in [-0.2, -0.15) is 0 Å². The van der Waals surface area contributed by atoms with E-state index in [0.717, 1.165) is 0 Å². The van der Waals surface area contributed by atoms with E-state index in [1.54, 1.807) is 44.2 Å². The lowest BCUT2D eigenvalue weighted by molar-refractivity contribution is -0.170. The van der Waals surface area contributed by atoms with Crippen molar-refractivity contribution < 1.29 is 52.4 Å². The van der Waals surface area contributed by atoms with Crippen LogP contribution in [0.2, 0.25) is 5.02 Å². The van der Waals surface area contributed by atoms with E-state index in [-0.39, 0.29) is 63.5 Å². The summed E-state index contributed by atoms with van der Waals surface area (Å²) >= 11 is 6.67. The fourth-order valence-electron chi connectivity index (χ4n) is 7.19. The minimum atomic E-state index is -1.12. The van der Waals surface area contributed by atoms with Crippen molar-refractivity contribution in [3.8, 4) is 11.5 Å². The lowest BCUT2D eigenvalue weighted by Gasteiger charge is -2.50. The first-order valence-corrected chi connectivity index (χ1v) is 17.3. The fraction of sp³-hybridized carbons (Fsp3) is 0.541. The molecule has 51 heavy (non-hydrogen) atoms. The van der Waals surface area contributed by atoms with Gasteiger partial charge in [0.2, 0.25) is 0 Å². The van der Waals surface area contributed by atoms with Gasteiger partial charge in [0.15, 0.2) is 23.8 Å². The molecule has 0 spiro atoms. The molecular weight excluding hydrogens is 684 g/mol. The number of quaternary nitrogens is 1. The van der Waals surface area contributed by atoms with Gasteiger partial charge in [-0.1, -0.05) is 23.7 Å². The van der Waals surface area contributed by atoms with Crippen molar-refractivity contribution in [2.75, 3.05) is 60.3 Å². The Kier molecular flexibility index (Phi) is 13.2. The van der Waals surface area contributed by atoms with Gasteiger partial charge in [0.25, 0.3) is 0 Å². The molecule has 2 heterocycles. The molecule has 0 saturated carbocycles. The van der Waals surface area contributed by atoms with E-state index in [1.165, 1.54) is 35.0 Å². The smallest absolute Gasteiger partial charge is 0.363 e. The fourth-order valence-corrected chi connectivity index (χ4v) is 7.37. The third-order valence-corrected chi connectivity index (χ3v) is 9.74. The largest absolute Gasteiger partial charge is 0.493 e. The molecule has 0 bridgehead atoms. The Hall–Kier alpha value is -4.04. The molecule has 2 unspecified atom stereocenters. The van der Waals surface area contributed by atoms with Gasteiger partial charge in [-0.3, -0.25) is 19.2 Å². The van der Waals surface area contributed by atoms with Crippen molar-refractivity contribution in [1.82, 2.24) is 9.60 Å². The highest BCUT2D eigenvalue weighted by molar-refractivity contribution is 6.30. The molecule has 0 N–H and O–H groups in total. The number of methoxy groups -OCH3 is 2. The molecule has 2 aliphatic rings. The molecular formula is C37H48ClN2O11+. The van der Waals surface area contributed by atoms with Crippen LogP contribution < -0.4 is 14.1 Å². The van der Waals surface area contributed by atoms with E-state index < -0.39 is 39.9 Å². The van der Waals surface area contributed by atoms with Crippen molar-refractivity contribution in [3.05, 3.63) is 52.5 Å². The molecule has 0 aliphatic carbocycles. The molecule has 1 saturated heterocycles. The van der Waals surface area contributed by atoms with Gasteiger partial charge < -0.3 is 28.4 Å². The molecule has 0 aromatic heterocycles. The van der Waals surface area contributed by atoms with Crippen LogP contribution in [0.15, 0.2) is 36.4 Å². The molecule has 1 amide bonds. The van der Waals surface area contributed by atoms with Crippen LogP contribution in [0, 0.1) is 17.3 Å². The van der Waals surface area contributed by atoms with Crippen molar-refractivity contribution in [2.24, 2.45) is 17.3 Å². The number of benzene rings is 2. The number of ether oxygens (including phenoxy) is 6. The second-order valence-corrected chi connectivity index (χ2v) is 13.8. The number of rotatable bonds is 14. The first-order valence-electron chi connectivity index (χ1n) is 16.9. The number of esters is 3. The molecule has 4 atom stereocenters. The zero-order chi connectivity index (χ0) is 37.5. The van der Waals surface area contributed by atoms with E-state index in [1.807, 2.05) is 11.1 Å². The van der Waals surface area contributed by atoms with Crippen LogP contribution >= 0.6 is 11.6 Å². The summed E-state index contributed by atoms with van der Waals surface area (Å²) in [5.74, 6) is -2.07. The highest BCUT2D eigenvalue weighted by Crippen LogP contribution is 2.48. The number of Topliss-reactive ketones (excluding diaryl/α,β-unsaturated/α-hetero) is 1. The average molecular weight is 732 g/mol. The number of fused-ring (bicyclic) bond motifs is 1. The van der Waals surface area contributed by atoms with Crippen LogP contribution in [0.3, 0.4) is 0 Å². The molecule has 278 valence electrons.